The molecule has 0 aromatic carbocycles. The highest BCUT2D eigenvalue weighted by Gasteiger charge is 2.19. The molecular formula is C16H28N2. The minimum atomic E-state index is 0.724. The summed E-state index contributed by atoms with van der Waals surface area (Å²) in [5.41, 5.74) is 1.43. The van der Waals surface area contributed by atoms with E-state index in [1.807, 2.05) is 0 Å². The molecule has 2 unspecified atom stereocenters. The highest BCUT2D eigenvalue weighted by molar-refractivity contribution is 5.10. The van der Waals surface area contributed by atoms with Crippen LogP contribution in [0.1, 0.15) is 57.9 Å². The lowest BCUT2D eigenvalue weighted by atomic mass is 9.97. The van der Waals surface area contributed by atoms with Crippen LogP contribution in [0.5, 0.6) is 0 Å². The van der Waals surface area contributed by atoms with Crippen molar-refractivity contribution in [3.8, 4) is 0 Å². The Hall–Kier alpha value is -0.760. The summed E-state index contributed by atoms with van der Waals surface area (Å²) in [4.78, 5) is 0. The molecule has 0 aliphatic heterocycles. The van der Waals surface area contributed by atoms with Gasteiger partial charge in [-0.1, -0.05) is 33.1 Å². The van der Waals surface area contributed by atoms with Crippen molar-refractivity contribution >= 4 is 0 Å². The van der Waals surface area contributed by atoms with E-state index in [1.54, 1.807) is 0 Å². The first-order valence-corrected chi connectivity index (χ1v) is 7.67. The minimum absolute atomic E-state index is 0.724. The van der Waals surface area contributed by atoms with E-state index in [0.29, 0.717) is 0 Å². The molecule has 2 heteroatoms. The number of hydrogen-bond acceptors (Lipinski definition) is 1. The summed E-state index contributed by atoms with van der Waals surface area (Å²) in [6.45, 7) is 6.81. The number of nitrogens with one attached hydrogen (secondary N) is 1. The van der Waals surface area contributed by atoms with Crippen molar-refractivity contribution in [3.05, 3.63) is 24.0 Å². The number of rotatable bonds is 5. The third kappa shape index (κ3) is 3.88. The van der Waals surface area contributed by atoms with Gasteiger partial charge in [-0.25, -0.2) is 0 Å². The first-order chi connectivity index (χ1) is 8.79. The van der Waals surface area contributed by atoms with Crippen molar-refractivity contribution in [3.63, 3.8) is 0 Å². The van der Waals surface area contributed by atoms with Crippen LogP contribution >= 0.6 is 0 Å². The lowest BCUT2D eigenvalue weighted by molar-refractivity contribution is 0.356. The Labute approximate surface area is 112 Å². The molecule has 1 aliphatic rings. The van der Waals surface area contributed by atoms with E-state index < -0.39 is 0 Å². The number of nitrogens with zero attached hydrogens (tertiary/aromatic N) is 1. The molecular weight excluding hydrogens is 220 g/mol. The molecule has 0 bridgehead atoms. The summed E-state index contributed by atoms with van der Waals surface area (Å²) < 4.78 is 2.30. The van der Waals surface area contributed by atoms with Crippen molar-refractivity contribution in [1.29, 1.82) is 0 Å². The topological polar surface area (TPSA) is 17.0 Å². The van der Waals surface area contributed by atoms with Crippen molar-refractivity contribution in [1.82, 2.24) is 9.88 Å². The zero-order valence-corrected chi connectivity index (χ0v) is 12.0. The number of aromatic nitrogens is 1. The zero-order valence-electron chi connectivity index (χ0n) is 12.0. The summed E-state index contributed by atoms with van der Waals surface area (Å²) in [7, 11) is 0. The molecule has 0 amide bonds. The van der Waals surface area contributed by atoms with Crippen LogP contribution in [-0.2, 0) is 13.1 Å². The molecule has 1 aromatic heterocycles. The summed E-state index contributed by atoms with van der Waals surface area (Å²) in [6.07, 6.45) is 12.7. The minimum Gasteiger partial charge on any atom is -0.354 e. The Morgan fingerprint density at radius 2 is 2.11 bits per heavy atom. The fourth-order valence-corrected chi connectivity index (χ4v) is 3.04. The van der Waals surface area contributed by atoms with Gasteiger partial charge in [0.2, 0.25) is 0 Å². The molecule has 2 rings (SSSR count). The van der Waals surface area contributed by atoms with E-state index in [1.165, 1.54) is 44.1 Å². The van der Waals surface area contributed by atoms with Gasteiger partial charge in [-0.3, -0.25) is 0 Å². The summed E-state index contributed by atoms with van der Waals surface area (Å²) >= 11 is 0. The van der Waals surface area contributed by atoms with E-state index in [9.17, 15) is 0 Å². The van der Waals surface area contributed by atoms with Crippen LogP contribution in [0.25, 0.3) is 0 Å². The first-order valence-electron chi connectivity index (χ1n) is 7.67. The second-order valence-corrected chi connectivity index (χ2v) is 5.86. The van der Waals surface area contributed by atoms with Gasteiger partial charge in [0.05, 0.1) is 0 Å². The van der Waals surface area contributed by atoms with Gasteiger partial charge in [0, 0.05) is 31.5 Å². The molecule has 1 N–H and O–H groups in total. The van der Waals surface area contributed by atoms with E-state index in [0.717, 1.165) is 25.0 Å². The van der Waals surface area contributed by atoms with Gasteiger partial charge in [-0.15, -0.1) is 0 Å². The number of aryl methyl sites for hydroxylation is 1. The Morgan fingerprint density at radius 1 is 1.28 bits per heavy atom. The van der Waals surface area contributed by atoms with Crippen LogP contribution in [0.15, 0.2) is 18.5 Å². The quantitative estimate of drug-likeness (QED) is 0.781. The SMILES string of the molecule is CCCn1ccc(CNC2CCCCCC2C)c1. The normalized spacial score (nSPS) is 25.0. The van der Waals surface area contributed by atoms with Gasteiger partial charge in [-0.2, -0.15) is 0 Å². The van der Waals surface area contributed by atoms with E-state index in [4.69, 9.17) is 0 Å². The average Bonchev–Trinajstić information content (AvgIpc) is 2.70. The van der Waals surface area contributed by atoms with E-state index in [-0.39, 0.29) is 0 Å². The maximum absolute atomic E-state index is 3.77. The standard InChI is InChI=1S/C16H28N2/c1-3-10-18-11-9-15(13-18)12-17-16-8-6-4-5-7-14(16)2/h9,11,13-14,16-17H,3-8,10,12H2,1-2H3. The fraction of sp³-hybridized carbons (Fsp3) is 0.750. The molecule has 1 aliphatic carbocycles. The Bertz CT molecular complexity index is 343. The summed E-state index contributed by atoms with van der Waals surface area (Å²) in [5, 5.41) is 3.77. The van der Waals surface area contributed by atoms with Gasteiger partial charge in [0.25, 0.3) is 0 Å². The Morgan fingerprint density at radius 3 is 2.94 bits per heavy atom. The van der Waals surface area contributed by atoms with Crippen LogP contribution in [0.3, 0.4) is 0 Å². The van der Waals surface area contributed by atoms with Crippen LogP contribution in [0.2, 0.25) is 0 Å². The van der Waals surface area contributed by atoms with Crippen molar-refractivity contribution < 1.29 is 0 Å². The van der Waals surface area contributed by atoms with E-state index in [2.05, 4.69) is 42.2 Å². The Kier molecular flexibility index (Phi) is 5.30. The third-order valence-electron chi connectivity index (χ3n) is 4.22. The number of hydrogen-bond donors (Lipinski definition) is 1. The predicted molar refractivity (Wildman–Crippen MR) is 77.6 cm³/mol. The van der Waals surface area contributed by atoms with Gasteiger partial charge >= 0.3 is 0 Å². The third-order valence-corrected chi connectivity index (χ3v) is 4.22. The van der Waals surface area contributed by atoms with Gasteiger partial charge in [0.1, 0.15) is 0 Å². The molecule has 0 saturated heterocycles. The smallest absolute Gasteiger partial charge is 0.0223 e. The highest BCUT2D eigenvalue weighted by atomic mass is 15.0. The molecule has 102 valence electrons. The van der Waals surface area contributed by atoms with E-state index >= 15 is 0 Å². The molecule has 1 heterocycles. The van der Waals surface area contributed by atoms with Crippen molar-refractivity contribution in [2.75, 3.05) is 0 Å². The molecule has 18 heavy (non-hydrogen) atoms. The molecule has 1 saturated carbocycles. The average molecular weight is 248 g/mol. The molecule has 1 aromatic rings. The second kappa shape index (κ2) is 6.98. The largest absolute Gasteiger partial charge is 0.354 e. The predicted octanol–water partition coefficient (Wildman–Crippen LogP) is 3.96. The van der Waals surface area contributed by atoms with Crippen molar-refractivity contribution in [2.45, 2.75) is 71.5 Å². The molecule has 0 radical (unpaired) electrons. The lowest BCUT2D eigenvalue weighted by Crippen LogP contribution is -2.33. The molecule has 0 spiro atoms. The molecule has 1 fully saturated rings. The van der Waals surface area contributed by atoms with Gasteiger partial charge in [-0.05, 0) is 36.8 Å². The van der Waals surface area contributed by atoms with Crippen LogP contribution in [0, 0.1) is 5.92 Å². The van der Waals surface area contributed by atoms with Crippen LogP contribution in [-0.4, -0.2) is 10.6 Å². The van der Waals surface area contributed by atoms with Gasteiger partial charge in [0.15, 0.2) is 0 Å². The Balaban J connectivity index is 1.81. The second-order valence-electron chi connectivity index (χ2n) is 5.86. The lowest BCUT2D eigenvalue weighted by Gasteiger charge is -2.22. The maximum Gasteiger partial charge on any atom is 0.0223 e. The fourth-order valence-electron chi connectivity index (χ4n) is 3.04. The monoisotopic (exact) mass is 248 g/mol. The van der Waals surface area contributed by atoms with Gasteiger partial charge < -0.3 is 9.88 Å². The molecule has 2 nitrogen and oxygen atoms in total. The van der Waals surface area contributed by atoms with Crippen LogP contribution in [0.4, 0.5) is 0 Å². The highest BCUT2D eigenvalue weighted by Crippen LogP contribution is 2.23. The first kappa shape index (κ1) is 13.7. The molecule has 2 atom stereocenters. The van der Waals surface area contributed by atoms with Crippen LogP contribution < -0.4 is 5.32 Å². The summed E-state index contributed by atoms with van der Waals surface area (Å²) in [6, 6.07) is 2.98. The summed E-state index contributed by atoms with van der Waals surface area (Å²) in [5.74, 6) is 0.838. The maximum atomic E-state index is 3.77. The zero-order chi connectivity index (χ0) is 12.8. The van der Waals surface area contributed by atoms with Crippen molar-refractivity contribution in [2.24, 2.45) is 5.92 Å².